The second kappa shape index (κ2) is 5.83. The topological polar surface area (TPSA) is 85.2 Å². The van der Waals surface area contributed by atoms with E-state index in [0.717, 1.165) is 0 Å². The van der Waals surface area contributed by atoms with Crippen molar-refractivity contribution in [2.75, 3.05) is 13.1 Å². The molecule has 0 unspecified atom stereocenters. The molecule has 0 radical (unpaired) electrons. The van der Waals surface area contributed by atoms with Crippen LogP contribution in [0.5, 0.6) is 0 Å². The van der Waals surface area contributed by atoms with E-state index >= 15 is 0 Å². The van der Waals surface area contributed by atoms with Crippen LogP contribution in [0.15, 0.2) is 0 Å². The normalized spacial score (nSPS) is 12.0. The van der Waals surface area contributed by atoms with Gasteiger partial charge < -0.3 is 15.7 Å². The summed E-state index contributed by atoms with van der Waals surface area (Å²) in [5.74, 6) is -0.174. The maximum absolute atomic E-state index is 11.3. The van der Waals surface area contributed by atoms with E-state index in [1.54, 1.807) is 13.8 Å². The highest BCUT2D eigenvalue weighted by atomic mass is 16.3. The van der Waals surface area contributed by atoms with E-state index in [2.05, 4.69) is 10.6 Å². The van der Waals surface area contributed by atoms with E-state index in [1.165, 1.54) is 0 Å². The van der Waals surface area contributed by atoms with Crippen LogP contribution in [0.4, 0.5) is 0 Å². The minimum absolute atomic E-state index is 0.127. The molecule has 5 heteroatoms. The summed E-state index contributed by atoms with van der Waals surface area (Å²) in [6, 6.07) is 1.94. The van der Waals surface area contributed by atoms with Crippen molar-refractivity contribution in [3.05, 3.63) is 0 Å². The first-order valence-electron chi connectivity index (χ1n) is 5.32. The fraction of sp³-hybridized carbons (Fsp3) is 0.818. The van der Waals surface area contributed by atoms with Crippen molar-refractivity contribution in [3.8, 4) is 6.07 Å². The smallest absolute Gasteiger partial charge is 0.234 e. The molecule has 0 aliphatic heterocycles. The van der Waals surface area contributed by atoms with Gasteiger partial charge in [0.1, 0.15) is 0 Å². The molecule has 0 aromatic heterocycles. The second-order valence-electron chi connectivity index (χ2n) is 4.80. The number of hydrogen-bond acceptors (Lipinski definition) is 4. The zero-order chi connectivity index (χ0) is 12.8. The Bertz CT molecular complexity index is 274. The Balaban J connectivity index is 3.97. The van der Waals surface area contributed by atoms with E-state index in [-0.39, 0.29) is 12.5 Å². The maximum atomic E-state index is 11.3. The standard InChI is InChI=1S/C11H21N3O2/c1-10(2,11(3,4)16)14-8-9(15)13-7-5-6-12/h14,16H,5,7-8H2,1-4H3,(H,13,15). The zero-order valence-electron chi connectivity index (χ0n) is 10.4. The van der Waals surface area contributed by atoms with Crippen LogP contribution in [0.1, 0.15) is 34.1 Å². The van der Waals surface area contributed by atoms with Crippen LogP contribution in [-0.4, -0.2) is 35.2 Å². The molecule has 0 spiro atoms. The minimum atomic E-state index is -0.917. The van der Waals surface area contributed by atoms with Crippen molar-refractivity contribution in [1.82, 2.24) is 10.6 Å². The molecule has 92 valence electrons. The van der Waals surface area contributed by atoms with Crippen LogP contribution in [0.3, 0.4) is 0 Å². The Labute approximate surface area is 96.8 Å². The fourth-order valence-electron chi connectivity index (χ4n) is 0.838. The Morgan fingerprint density at radius 3 is 2.38 bits per heavy atom. The molecule has 0 rings (SSSR count). The molecule has 1 amide bonds. The van der Waals surface area contributed by atoms with Gasteiger partial charge in [0.15, 0.2) is 0 Å². The van der Waals surface area contributed by atoms with Crippen molar-refractivity contribution in [3.63, 3.8) is 0 Å². The number of carbonyl (C=O) groups is 1. The first kappa shape index (κ1) is 14.9. The lowest BCUT2D eigenvalue weighted by Gasteiger charge is -2.38. The van der Waals surface area contributed by atoms with E-state index in [1.807, 2.05) is 19.9 Å². The molecule has 16 heavy (non-hydrogen) atoms. The summed E-state index contributed by atoms with van der Waals surface area (Å²) < 4.78 is 0. The Kier molecular flexibility index (Phi) is 5.42. The monoisotopic (exact) mass is 227 g/mol. The SMILES string of the molecule is CC(C)(O)C(C)(C)NCC(=O)NCCC#N. The van der Waals surface area contributed by atoms with Crippen LogP contribution in [-0.2, 0) is 4.79 Å². The Morgan fingerprint density at radius 1 is 1.38 bits per heavy atom. The molecular weight excluding hydrogens is 206 g/mol. The number of hydrogen-bond donors (Lipinski definition) is 3. The molecule has 0 aromatic carbocycles. The number of carbonyl (C=O) groups excluding carboxylic acids is 1. The molecule has 0 aliphatic rings. The quantitative estimate of drug-likeness (QED) is 0.564. The summed E-state index contributed by atoms with van der Waals surface area (Å²) >= 11 is 0. The summed E-state index contributed by atoms with van der Waals surface area (Å²) in [5.41, 5.74) is -1.47. The maximum Gasteiger partial charge on any atom is 0.234 e. The summed E-state index contributed by atoms with van der Waals surface area (Å²) in [4.78, 5) is 11.3. The van der Waals surface area contributed by atoms with E-state index in [9.17, 15) is 9.90 Å². The highest BCUT2D eigenvalue weighted by molar-refractivity contribution is 5.78. The average Bonchev–Trinajstić information content (AvgIpc) is 2.13. The van der Waals surface area contributed by atoms with Gasteiger partial charge in [-0.3, -0.25) is 4.79 Å². The van der Waals surface area contributed by atoms with E-state index in [4.69, 9.17) is 5.26 Å². The molecule has 0 saturated carbocycles. The number of amides is 1. The lowest BCUT2D eigenvalue weighted by Crippen LogP contribution is -2.57. The summed E-state index contributed by atoms with van der Waals surface area (Å²) in [6.07, 6.45) is 0.306. The predicted octanol–water partition coefficient (Wildman–Crippen LogP) is 0.155. The molecule has 5 nitrogen and oxygen atoms in total. The van der Waals surface area contributed by atoms with Crippen LogP contribution < -0.4 is 10.6 Å². The van der Waals surface area contributed by atoms with Gasteiger partial charge in [-0.05, 0) is 27.7 Å². The molecule has 0 atom stereocenters. The third-order valence-electron chi connectivity index (χ3n) is 2.78. The Hall–Kier alpha value is -1.12. The molecule has 0 saturated heterocycles. The largest absolute Gasteiger partial charge is 0.389 e. The van der Waals surface area contributed by atoms with Crippen LogP contribution >= 0.6 is 0 Å². The summed E-state index contributed by atoms with van der Waals surface area (Å²) in [6.45, 7) is 7.52. The Morgan fingerprint density at radius 2 is 1.94 bits per heavy atom. The molecule has 0 bridgehead atoms. The van der Waals surface area contributed by atoms with Crippen LogP contribution in [0.25, 0.3) is 0 Å². The van der Waals surface area contributed by atoms with Crippen LogP contribution in [0.2, 0.25) is 0 Å². The average molecular weight is 227 g/mol. The van der Waals surface area contributed by atoms with Gasteiger partial charge in [0.05, 0.1) is 24.6 Å². The van der Waals surface area contributed by atoms with E-state index < -0.39 is 11.1 Å². The van der Waals surface area contributed by atoms with Gasteiger partial charge in [-0.25, -0.2) is 0 Å². The van der Waals surface area contributed by atoms with Crippen molar-refractivity contribution >= 4 is 5.91 Å². The molecule has 0 fully saturated rings. The van der Waals surface area contributed by atoms with Crippen molar-refractivity contribution in [1.29, 1.82) is 5.26 Å². The molecule has 0 heterocycles. The molecular formula is C11H21N3O2. The fourth-order valence-corrected chi connectivity index (χ4v) is 0.838. The third-order valence-corrected chi connectivity index (χ3v) is 2.78. The first-order chi connectivity index (χ1) is 7.20. The molecule has 0 aromatic rings. The number of nitrogens with zero attached hydrogens (tertiary/aromatic N) is 1. The van der Waals surface area contributed by atoms with Gasteiger partial charge in [-0.1, -0.05) is 0 Å². The van der Waals surface area contributed by atoms with Gasteiger partial charge in [-0.2, -0.15) is 5.26 Å². The van der Waals surface area contributed by atoms with Gasteiger partial charge >= 0.3 is 0 Å². The van der Waals surface area contributed by atoms with Crippen molar-refractivity contribution in [2.45, 2.75) is 45.3 Å². The second-order valence-corrected chi connectivity index (χ2v) is 4.80. The number of rotatable bonds is 6. The number of aliphatic hydroxyl groups is 1. The van der Waals surface area contributed by atoms with Crippen molar-refractivity contribution in [2.24, 2.45) is 0 Å². The highest BCUT2D eigenvalue weighted by Crippen LogP contribution is 2.19. The minimum Gasteiger partial charge on any atom is -0.389 e. The summed E-state index contributed by atoms with van der Waals surface area (Å²) in [7, 11) is 0. The van der Waals surface area contributed by atoms with Gasteiger partial charge in [0.2, 0.25) is 5.91 Å². The lowest BCUT2D eigenvalue weighted by atomic mass is 9.86. The van der Waals surface area contributed by atoms with Gasteiger partial charge in [0.25, 0.3) is 0 Å². The number of nitrogens with one attached hydrogen (secondary N) is 2. The highest BCUT2D eigenvalue weighted by Gasteiger charge is 2.34. The predicted molar refractivity (Wildman–Crippen MR) is 61.6 cm³/mol. The first-order valence-corrected chi connectivity index (χ1v) is 5.32. The third kappa shape index (κ3) is 5.10. The lowest BCUT2D eigenvalue weighted by molar-refractivity contribution is -0.121. The van der Waals surface area contributed by atoms with Gasteiger partial charge in [0, 0.05) is 12.1 Å². The van der Waals surface area contributed by atoms with Crippen LogP contribution in [0, 0.1) is 11.3 Å². The van der Waals surface area contributed by atoms with Crippen molar-refractivity contribution < 1.29 is 9.90 Å². The molecule has 3 N–H and O–H groups in total. The zero-order valence-corrected chi connectivity index (χ0v) is 10.4. The van der Waals surface area contributed by atoms with E-state index in [0.29, 0.717) is 13.0 Å². The number of nitriles is 1. The van der Waals surface area contributed by atoms with Gasteiger partial charge in [-0.15, -0.1) is 0 Å². The molecule has 0 aliphatic carbocycles. The summed E-state index contributed by atoms with van der Waals surface area (Å²) in [5, 5.41) is 23.7.